The van der Waals surface area contributed by atoms with E-state index in [-0.39, 0.29) is 12.4 Å². The molecule has 0 bridgehead atoms. The number of nitrogens with one attached hydrogen (secondary N) is 1. The molecule has 0 amide bonds. The summed E-state index contributed by atoms with van der Waals surface area (Å²) in [4.78, 5) is 11.8. The van der Waals surface area contributed by atoms with E-state index in [9.17, 15) is 4.79 Å². The molecule has 70 valence electrons. The minimum Gasteiger partial charge on any atom is -0.466 e. The lowest BCUT2D eigenvalue weighted by molar-refractivity contribution is -0.141. The molecule has 1 N–H and O–H groups in total. The number of carbonyl (C=O) groups excluding carboxylic acids is 1. The van der Waals surface area contributed by atoms with Gasteiger partial charge in [-0.15, -0.1) is 11.3 Å². The molecule has 0 aromatic carbocycles. The largest absolute Gasteiger partial charge is 0.466 e. The first kappa shape index (κ1) is 9.92. The van der Waals surface area contributed by atoms with Gasteiger partial charge in [0.1, 0.15) is 0 Å². The van der Waals surface area contributed by atoms with Crippen LogP contribution in [0.1, 0.15) is 18.2 Å². The van der Waals surface area contributed by atoms with E-state index in [1.54, 1.807) is 6.92 Å². The lowest BCUT2D eigenvalue weighted by Gasteiger charge is -2.00. The van der Waals surface area contributed by atoms with Crippen LogP contribution in [0.25, 0.3) is 0 Å². The molecule has 1 aromatic heterocycles. The van der Waals surface area contributed by atoms with Gasteiger partial charge in [0.15, 0.2) is 0 Å². The summed E-state index contributed by atoms with van der Waals surface area (Å²) >= 11 is 1.46. The molecule has 3 nitrogen and oxygen atoms in total. The van der Waals surface area contributed by atoms with Crippen LogP contribution in [0.4, 0.5) is 0 Å². The van der Waals surface area contributed by atoms with Crippen molar-refractivity contribution in [2.75, 3.05) is 6.61 Å². The van der Waals surface area contributed by atoms with Crippen molar-refractivity contribution in [3.63, 3.8) is 0 Å². The highest BCUT2D eigenvalue weighted by molar-refractivity contribution is 7.12. The highest BCUT2D eigenvalue weighted by Gasteiger charge is 2.08. The van der Waals surface area contributed by atoms with Crippen molar-refractivity contribution in [3.8, 4) is 0 Å². The van der Waals surface area contributed by atoms with Gasteiger partial charge in [-0.25, -0.2) is 0 Å². The van der Waals surface area contributed by atoms with E-state index in [4.69, 9.17) is 10.1 Å². The van der Waals surface area contributed by atoms with E-state index in [1.807, 2.05) is 17.5 Å². The van der Waals surface area contributed by atoms with Crippen molar-refractivity contribution in [2.24, 2.45) is 0 Å². The Morgan fingerprint density at radius 2 is 2.46 bits per heavy atom. The average Bonchev–Trinajstić information content (AvgIpc) is 2.55. The van der Waals surface area contributed by atoms with Gasteiger partial charge in [0.2, 0.25) is 0 Å². The summed E-state index contributed by atoms with van der Waals surface area (Å²) in [5, 5.41) is 9.45. The molecule has 0 atom stereocenters. The summed E-state index contributed by atoms with van der Waals surface area (Å²) in [6.45, 7) is 2.13. The molecule has 13 heavy (non-hydrogen) atoms. The Kier molecular flexibility index (Phi) is 3.64. The molecule has 0 radical (unpaired) electrons. The third kappa shape index (κ3) is 2.99. The predicted octanol–water partition coefficient (Wildman–Crippen LogP) is 2.07. The van der Waals surface area contributed by atoms with Gasteiger partial charge in [-0.05, 0) is 18.4 Å². The van der Waals surface area contributed by atoms with Crippen molar-refractivity contribution < 1.29 is 9.53 Å². The zero-order chi connectivity index (χ0) is 9.68. The van der Waals surface area contributed by atoms with Crippen LogP contribution in [0.3, 0.4) is 0 Å². The van der Waals surface area contributed by atoms with Gasteiger partial charge < -0.3 is 10.1 Å². The van der Waals surface area contributed by atoms with E-state index >= 15 is 0 Å². The van der Waals surface area contributed by atoms with E-state index in [0.29, 0.717) is 12.3 Å². The van der Waals surface area contributed by atoms with Crippen molar-refractivity contribution in [3.05, 3.63) is 22.4 Å². The number of hydrogen-bond donors (Lipinski definition) is 1. The van der Waals surface area contributed by atoms with Crippen molar-refractivity contribution >= 4 is 23.0 Å². The summed E-state index contributed by atoms with van der Waals surface area (Å²) in [6, 6.07) is 3.69. The zero-order valence-corrected chi connectivity index (χ0v) is 8.19. The summed E-state index contributed by atoms with van der Waals surface area (Å²) in [5.41, 5.74) is 0.327. The lowest BCUT2D eigenvalue weighted by atomic mass is 10.2. The van der Waals surface area contributed by atoms with Crippen LogP contribution in [0, 0.1) is 5.41 Å². The number of esters is 1. The molecule has 0 aliphatic heterocycles. The SMILES string of the molecule is CCOC(=O)CC(=N)c1cccs1. The molecule has 4 heteroatoms. The van der Waals surface area contributed by atoms with Crippen LogP contribution < -0.4 is 0 Å². The number of rotatable bonds is 4. The standard InChI is InChI=1S/C9H11NO2S/c1-2-12-9(11)6-7(10)8-4-3-5-13-8/h3-5,10H,2,6H2,1H3. The maximum Gasteiger partial charge on any atom is 0.311 e. The molecule has 0 aliphatic rings. The maximum atomic E-state index is 11.0. The third-order valence-corrected chi connectivity index (χ3v) is 2.37. The fourth-order valence-corrected chi connectivity index (χ4v) is 1.57. The normalized spacial score (nSPS) is 9.62. The van der Waals surface area contributed by atoms with Crippen LogP contribution in [0.5, 0.6) is 0 Å². The van der Waals surface area contributed by atoms with Crippen molar-refractivity contribution in [1.29, 1.82) is 5.41 Å². The Labute approximate surface area is 80.9 Å². The minimum atomic E-state index is -0.332. The van der Waals surface area contributed by atoms with Gasteiger partial charge in [0.05, 0.1) is 18.7 Å². The fourth-order valence-electron chi connectivity index (χ4n) is 0.894. The van der Waals surface area contributed by atoms with Gasteiger partial charge in [-0.2, -0.15) is 0 Å². The molecular formula is C9H11NO2S. The Morgan fingerprint density at radius 3 is 3.00 bits per heavy atom. The van der Waals surface area contributed by atoms with Gasteiger partial charge >= 0.3 is 5.97 Å². The summed E-state index contributed by atoms with van der Waals surface area (Å²) in [5.74, 6) is -0.332. The Morgan fingerprint density at radius 1 is 1.69 bits per heavy atom. The van der Waals surface area contributed by atoms with Crippen molar-refractivity contribution in [2.45, 2.75) is 13.3 Å². The highest BCUT2D eigenvalue weighted by atomic mass is 32.1. The molecular weight excluding hydrogens is 186 g/mol. The summed E-state index contributed by atoms with van der Waals surface area (Å²) in [7, 11) is 0. The monoisotopic (exact) mass is 197 g/mol. The molecule has 0 saturated carbocycles. The quantitative estimate of drug-likeness (QED) is 0.593. The second-order valence-corrected chi connectivity index (χ2v) is 3.39. The fraction of sp³-hybridized carbons (Fsp3) is 0.333. The summed E-state index contributed by atoms with van der Waals surface area (Å²) in [6.07, 6.45) is 0.0638. The first-order chi connectivity index (χ1) is 6.24. The first-order valence-electron chi connectivity index (χ1n) is 4.01. The van der Waals surface area contributed by atoms with Crippen LogP contribution in [-0.4, -0.2) is 18.3 Å². The van der Waals surface area contributed by atoms with Gasteiger partial charge in [0, 0.05) is 4.88 Å². The Hall–Kier alpha value is -1.16. The van der Waals surface area contributed by atoms with Crippen LogP contribution >= 0.6 is 11.3 Å². The predicted molar refractivity (Wildman–Crippen MR) is 52.4 cm³/mol. The minimum absolute atomic E-state index is 0.0638. The molecule has 0 spiro atoms. The lowest BCUT2D eigenvalue weighted by Crippen LogP contribution is -2.10. The number of carbonyl (C=O) groups is 1. The van der Waals surface area contributed by atoms with Crippen LogP contribution in [0.15, 0.2) is 17.5 Å². The van der Waals surface area contributed by atoms with Crippen LogP contribution in [-0.2, 0) is 9.53 Å². The van der Waals surface area contributed by atoms with Crippen LogP contribution in [0.2, 0.25) is 0 Å². The van der Waals surface area contributed by atoms with E-state index in [2.05, 4.69) is 0 Å². The van der Waals surface area contributed by atoms with Gasteiger partial charge in [-0.1, -0.05) is 6.07 Å². The average molecular weight is 197 g/mol. The first-order valence-corrected chi connectivity index (χ1v) is 4.89. The van der Waals surface area contributed by atoms with E-state index < -0.39 is 0 Å². The zero-order valence-electron chi connectivity index (χ0n) is 7.37. The second-order valence-electron chi connectivity index (χ2n) is 2.44. The Bertz CT molecular complexity index is 293. The number of hydrogen-bond acceptors (Lipinski definition) is 4. The van der Waals surface area contributed by atoms with E-state index in [1.165, 1.54) is 11.3 Å². The molecule has 0 saturated heterocycles. The van der Waals surface area contributed by atoms with E-state index in [0.717, 1.165) is 4.88 Å². The Balaban J connectivity index is 2.47. The third-order valence-electron chi connectivity index (χ3n) is 1.45. The molecule has 1 aromatic rings. The number of ether oxygens (including phenoxy) is 1. The topological polar surface area (TPSA) is 50.2 Å². The molecule has 0 aliphatic carbocycles. The molecule has 0 fully saturated rings. The van der Waals surface area contributed by atoms with Gasteiger partial charge in [0.25, 0.3) is 0 Å². The van der Waals surface area contributed by atoms with Gasteiger partial charge in [-0.3, -0.25) is 4.79 Å². The highest BCUT2D eigenvalue weighted by Crippen LogP contribution is 2.11. The maximum absolute atomic E-state index is 11.0. The molecule has 1 heterocycles. The summed E-state index contributed by atoms with van der Waals surface area (Å²) < 4.78 is 4.74. The molecule has 1 rings (SSSR count). The number of thiophene rings is 1. The van der Waals surface area contributed by atoms with Crippen molar-refractivity contribution in [1.82, 2.24) is 0 Å². The smallest absolute Gasteiger partial charge is 0.311 e. The molecule has 0 unspecified atom stereocenters. The second kappa shape index (κ2) is 4.77.